The summed E-state index contributed by atoms with van der Waals surface area (Å²) in [6.45, 7) is 5.16. The summed E-state index contributed by atoms with van der Waals surface area (Å²) < 4.78 is 5.80. The Kier molecular flexibility index (Phi) is 4.22. The van der Waals surface area contributed by atoms with E-state index in [9.17, 15) is 4.79 Å². The second-order valence-corrected chi connectivity index (χ2v) is 6.36. The van der Waals surface area contributed by atoms with E-state index >= 15 is 0 Å². The van der Waals surface area contributed by atoms with Crippen molar-refractivity contribution in [3.05, 3.63) is 30.1 Å². The normalized spacial score (nSPS) is 27.6. The van der Waals surface area contributed by atoms with Gasteiger partial charge in [0.1, 0.15) is 0 Å². The molecule has 0 N–H and O–H groups in total. The molecular weight excluding hydrogens is 266 g/mol. The van der Waals surface area contributed by atoms with Gasteiger partial charge in [-0.3, -0.25) is 9.78 Å². The second kappa shape index (κ2) is 6.12. The topological polar surface area (TPSA) is 45.7 Å². The lowest BCUT2D eigenvalue weighted by Gasteiger charge is -2.43. The maximum atomic E-state index is 12.6. The van der Waals surface area contributed by atoms with Gasteiger partial charge in [-0.25, -0.2) is 0 Å². The molecule has 0 aromatic carbocycles. The number of aromatic nitrogens is 1. The Balaban J connectivity index is 1.74. The van der Waals surface area contributed by atoms with Crippen LogP contribution in [0.3, 0.4) is 0 Å². The largest absolute Gasteiger partial charge is 0.379 e. The summed E-state index contributed by atoms with van der Waals surface area (Å²) in [6, 6.07) is 3.58. The van der Waals surface area contributed by atoms with Crippen molar-refractivity contribution >= 4 is 5.91 Å². The van der Waals surface area contributed by atoms with Crippen molar-refractivity contribution in [2.24, 2.45) is 5.41 Å². The van der Waals surface area contributed by atoms with Crippen LogP contribution in [0.15, 0.2) is 24.5 Å². The van der Waals surface area contributed by atoms with Crippen LogP contribution in [0.25, 0.3) is 0 Å². The first-order valence-electron chi connectivity index (χ1n) is 7.64. The minimum absolute atomic E-state index is 0.0895. The van der Waals surface area contributed by atoms with Gasteiger partial charge in [0.05, 0.1) is 13.2 Å². The molecular formula is C16H23N3O2. The van der Waals surface area contributed by atoms with E-state index in [-0.39, 0.29) is 11.3 Å². The number of ether oxygens (including phenoxy) is 1. The fourth-order valence-corrected chi connectivity index (χ4v) is 3.51. The summed E-state index contributed by atoms with van der Waals surface area (Å²) in [5.41, 5.74) is 0.816. The monoisotopic (exact) mass is 289 g/mol. The van der Waals surface area contributed by atoms with E-state index in [1.165, 1.54) is 0 Å². The number of rotatable bonds is 1. The lowest BCUT2D eigenvalue weighted by atomic mass is 9.80. The quantitative estimate of drug-likeness (QED) is 0.781. The molecule has 114 valence electrons. The molecule has 1 unspecified atom stereocenters. The smallest absolute Gasteiger partial charge is 0.253 e. The number of carbonyl (C=O) groups is 1. The molecule has 5 heteroatoms. The van der Waals surface area contributed by atoms with Gasteiger partial charge in [0.2, 0.25) is 0 Å². The third-order valence-electron chi connectivity index (χ3n) is 4.51. The van der Waals surface area contributed by atoms with E-state index in [1.54, 1.807) is 24.5 Å². The summed E-state index contributed by atoms with van der Waals surface area (Å²) in [5.74, 6) is 0.114. The molecule has 2 aliphatic heterocycles. The number of hydrogen-bond donors (Lipinski definition) is 0. The molecule has 1 spiro atoms. The van der Waals surface area contributed by atoms with E-state index in [1.807, 2.05) is 4.90 Å². The molecule has 1 aromatic heterocycles. The van der Waals surface area contributed by atoms with Crippen LogP contribution in [0.1, 0.15) is 23.2 Å². The van der Waals surface area contributed by atoms with Gasteiger partial charge < -0.3 is 14.5 Å². The highest BCUT2D eigenvalue weighted by atomic mass is 16.5. The Labute approximate surface area is 125 Å². The number of nitrogens with zero attached hydrogens (tertiary/aromatic N) is 3. The molecule has 2 saturated heterocycles. The third-order valence-corrected chi connectivity index (χ3v) is 4.51. The van der Waals surface area contributed by atoms with Crippen LogP contribution in [-0.2, 0) is 4.74 Å². The first-order valence-corrected chi connectivity index (χ1v) is 7.64. The van der Waals surface area contributed by atoms with Gasteiger partial charge in [-0.2, -0.15) is 0 Å². The van der Waals surface area contributed by atoms with Crippen molar-refractivity contribution < 1.29 is 9.53 Å². The SMILES string of the molecule is CN1CCOCC2(CCCN(C(=O)c3ccncc3)C2)C1. The van der Waals surface area contributed by atoms with Crippen LogP contribution >= 0.6 is 0 Å². The molecule has 2 aliphatic rings. The molecule has 2 fully saturated rings. The van der Waals surface area contributed by atoms with Crippen LogP contribution < -0.4 is 0 Å². The molecule has 3 heterocycles. The second-order valence-electron chi connectivity index (χ2n) is 6.36. The van der Waals surface area contributed by atoms with Gasteiger partial charge in [-0.1, -0.05) is 0 Å². The molecule has 21 heavy (non-hydrogen) atoms. The Morgan fingerprint density at radius 1 is 1.29 bits per heavy atom. The Morgan fingerprint density at radius 3 is 2.90 bits per heavy atom. The Hall–Kier alpha value is -1.46. The number of likely N-dealkylation sites (tertiary alicyclic amines) is 1. The average molecular weight is 289 g/mol. The van der Waals surface area contributed by atoms with Crippen molar-refractivity contribution in [1.29, 1.82) is 0 Å². The molecule has 1 atom stereocenters. The zero-order valence-corrected chi connectivity index (χ0v) is 12.6. The number of hydrogen-bond acceptors (Lipinski definition) is 4. The van der Waals surface area contributed by atoms with E-state index < -0.39 is 0 Å². The van der Waals surface area contributed by atoms with Crippen molar-refractivity contribution in [3.63, 3.8) is 0 Å². The molecule has 1 aromatic rings. The summed E-state index contributed by atoms with van der Waals surface area (Å²) in [4.78, 5) is 20.9. The highest BCUT2D eigenvalue weighted by Gasteiger charge is 2.39. The predicted molar refractivity (Wildman–Crippen MR) is 80.1 cm³/mol. The van der Waals surface area contributed by atoms with Gasteiger partial charge in [0.25, 0.3) is 5.91 Å². The lowest BCUT2D eigenvalue weighted by molar-refractivity contribution is 0.00860. The zero-order valence-electron chi connectivity index (χ0n) is 12.6. The predicted octanol–water partition coefficient (Wildman–Crippen LogP) is 1.27. The average Bonchev–Trinajstić information content (AvgIpc) is 2.69. The fraction of sp³-hybridized carbons (Fsp3) is 0.625. The molecule has 0 bridgehead atoms. The standard InChI is InChI=1S/C16H23N3O2/c1-18-9-10-21-13-16(11-18)5-2-8-19(12-16)15(20)14-3-6-17-7-4-14/h3-4,6-7H,2,5,8-13H2,1H3. The summed E-state index contributed by atoms with van der Waals surface area (Å²) in [7, 11) is 2.14. The van der Waals surface area contributed by atoms with Crippen LogP contribution in [0, 0.1) is 5.41 Å². The fourth-order valence-electron chi connectivity index (χ4n) is 3.51. The first kappa shape index (κ1) is 14.5. The third kappa shape index (κ3) is 3.24. The molecule has 3 rings (SSSR count). The molecule has 0 saturated carbocycles. The Bertz CT molecular complexity index is 494. The van der Waals surface area contributed by atoms with Crippen LogP contribution in [0.2, 0.25) is 0 Å². The zero-order chi connectivity index (χ0) is 14.7. The number of piperidine rings is 1. The lowest BCUT2D eigenvalue weighted by Crippen LogP contribution is -2.51. The van der Waals surface area contributed by atoms with Gasteiger partial charge >= 0.3 is 0 Å². The maximum Gasteiger partial charge on any atom is 0.253 e. The van der Waals surface area contributed by atoms with Crippen molar-refractivity contribution in [2.45, 2.75) is 12.8 Å². The van der Waals surface area contributed by atoms with Crippen molar-refractivity contribution in [1.82, 2.24) is 14.8 Å². The van der Waals surface area contributed by atoms with Crippen molar-refractivity contribution in [2.75, 3.05) is 46.4 Å². The number of amides is 1. The maximum absolute atomic E-state index is 12.6. The first-order chi connectivity index (χ1) is 10.2. The van der Waals surface area contributed by atoms with E-state index in [0.29, 0.717) is 0 Å². The molecule has 1 amide bonds. The van der Waals surface area contributed by atoms with E-state index in [2.05, 4.69) is 16.9 Å². The van der Waals surface area contributed by atoms with Gasteiger partial charge in [-0.15, -0.1) is 0 Å². The van der Waals surface area contributed by atoms with Gasteiger partial charge in [-0.05, 0) is 32.0 Å². The highest BCUT2D eigenvalue weighted by molar-refractivity contribution is 5.94. The molecule has 5 nitrogen and oxygen atoms in total. The number of carbonyl (C=O) groups excluding carboxylic acids is 1. The Morgan fingerprint density at radius 2 is 2.10 bits per heavy atom. The van der Waals surface area contributed by atoms with Crippen LogP contribution in [0.5, 0.6) is 0 Å². The summed E-state index contributed by atoms with van der Waals surface area (Å²) >= 11 is 0. The highest BCUT2D eigenvalue weighted by Crippen LogP contribution is 2.33. The van der Waals surface area contributed by atoms with E-state index in [4.69, 9.17) is 4.74 Å². The van der Waals surface area contributed by atoms with Gasteiger partial charge in [0, 0.05) is 49.6 Å². The van der Waals surface area contributed by atoms with E-state index in [0.717, 1.165) is 57.8 Å². The molecule has 0 radical (unpaired) electrons. The number of pyridine rings is 1. The number of likely N-dealkylation sites (N-methyl/N-ethyl adjacent to an activating group) is 1. The van der Waals surface area contributed by atoms with Crippen molar-refractivity contribution in [3.8, 4) is 0 Å². The summed E-state index contributed by atoms with van der Waals surface area (Å²) in [6.07, 6.45) is 5.54. The minimum Gasteiger partial charge on any atom is -0.379 e. The molecule has 0 aliphatic carbocycles. The van der Waals surface area contributed by atoms with Crippen LogP contribution in [0.4, 0.5) is 0 Å². The minimum atomic E-state index is 0.0895. The summed E-state index contributed by atoms with van der Waals surface area (Å²) in [5, 5.41) is 0. The van der Waals surface area contributed by atoms with Gasteiger partial charge in [0.15, 0.2) is 0 Å². The van der Waals surface area contributed by atoms with Crippen LogP contribution in [-0.4, -0.2) is 67.1 Å².